The van der Waals surface area contributed by atoms with Crippen molar-refractivity contribution < 1.29 is 9.59 Å². The van der Waals surface area contributed by atoms with Crippen LogP contribution in [0.15, 0.2) is 83.6 Å². The van der Waals surface area contributed by atoms with Crippen molar-refractivity contribution in [2.45, 2.75) is 0 Å². The zero-order chi connectivity index (χ0) is 14.7. The van der Waals surface area contributed by atoms with Crippen LogP contribution in [0.5, 0.6) is 0 Å². The summed E-state index contributed by atoms with van der Waals surface area (Å²) in [5, 5.41) is 3.30. The molecule has 2 nitrogen and oxygen atoms in total. The van der Waals surface area contributed by atoms with Gasteiger partial charge >= 0.3 is 0 Å². The zero-order valence-electron chi connectivity index (χ0n) is 11.3. The van der Waals surface area contributed by atoms with Crippen molar-refractivity contribution in [1.82, 2.24) is 0 Å². The number of carbonyl (C=O) groups is 2. The lowest BCUT2D eigenvalue weighted by Crippen LogP contribution is -2.17. The van der Waals surface area contributed by atoms with E-state index in [1.165, 1.54) is 0 Å². The Bertz CT molecular complexity index is 665. The molecule has 21 heavy (non-hydrogen) atoms. The molecule has 0 saturated heterocycles. The van der Waals surface area contributed by atoms with E-state index >= 15 is 0 Å². The van der Waals surface area contributed by atoms with Crippen LogP contribution in [0.3, 0.4) is 0 Å². The first kappa shape index (κ1) is 13.6. The van der Waals surface area contributed by atoms with Gasteiger partial charge in [-0.3, -0.25) is 9.59 Å². The van der Waals surface area contributed by atoms with Crippen LogP contribution in [0.1, 0.15) is 20.7 Å². The van der Waals surface area contributed by atoms with Gasteiger partial charge in [-0.25, -0.2) is 0 Å². The molecule has 0 saturated carbocycles. The lowest BCUT2D eigenvalue weighted by Gasteiger charge is -2.27. The molecule has 0 spiro atoms. The van der Waals surface area contributed by atoms with Crippen LogP contribution < -0.4 is 0 Å². The van der Waals surface area contributed by atoms with Crippen molar-refractivity contribution in [2.75, 3.05) is 0 Å². The van der Waals surface area contributed by atoms with Crippen LogP contribution >= 0.6 is 10.0 Å². The fourth-order valence-corrected chi connectivity index (χ4v) is 4.74. The highest BCUT2D eigenvalue weighted by Gasteiger charge is 2.37. The number of benzene rings is 2. The highest BCUT2D eigenvalue weighted by molar-refractivity contribution is 8.60. The van der Waals surface area contributed by atoms with Crippen LogP contribution in [-0.2, 0) is 0 Å². The molecule has 0 atom stereocenters. The molecule has 3 rings (SSSR count). The first-order chi connectivity index (χ1) is 10.2. The number of allylic oxidation sites excluding steroid dienone is 2. The van der Waals surface area contributed by atoms with Crippen LogP contribution in [0.25, 0.3) is 0 Å². The van der Waals surface area contributed by atoms with Crippen molar-refractivity contribution in [3.05, 3.63) is 94.8 Å². The maximum atomic E-state index is 12.9. The second-order valence-electron chi connectivity index (χ2n) is 4.67. The molecule has 0 bridgehead atoms. The molecule has 0 fully saturated rings. The quantitative estimate of drug-likeness (QED) is 0.816. The van der Waals surface area contributed by atoms with E-state index in [1.54, 1.807) is 47.2 Å². The Kier molecular flexibility index (Phi) is 3.59. The lowest BCUT2D eigenvalue weighted by molar-refractivity contribution is 0.105. The molecule has 0 aliphatic carbocycles. The molecule has 0 unspecified atom stereocenters. The Hall–Kier alpha value is -2.39. The highest BCUT2D eigenvalue weighted by atomic mass is 32.3. The Morgan fingerprint density at radius 1 is 0.619 bits per heavy atom. The normalized spacial score (nSPS) is 16.6. The molecule has 1 aliphatic heterocycles. The number of hydrogen-bond acceptors (Lipinski definition) is 2. The van der Waals surface area contributed by atoms with E-state index in [2.05, 4.69) is 0 Å². The molecule has 2 aromatic rings. The Balaban J connectivity index is 2.06. The van der Waals surface area contributed by atoms with Crippen LogP contribution in [0.4, 0.5) is 0 Å². The van der Waals surface area contributed by atoms with E-state index < -0.39 is 10.0 Å². The number of hydrogen-bond donors (Lipinski definition) is 0. The first-order valence-corrected chi connectivity index (χ1v) is 8.37. The Morgan fingerprint density at radius 3 is 1.38 bits per heavy atom. The Labute approximate surface area is 125 Å². The molecule has 104 valence electrons. The van der Waals surface area contributed by atoms with Gasteiger partial charge in [-0.2, -0.15) is 0 Å². The molecule has 1 aliphatic rings. The van der Waals surface area contributed by atoms with Gasteiger partial charge in [0.2, 0.25) is 10.2 Å². The maximum Gasteiger partial charge on any atom is 0.216 e. The molecule has 0 radical (unpaired) electrons. The third-order valence-electron chi connectivity index (χ3n) is 3.33. The number of carbonyl (C=O) groups excluding carboxylic acids is 2. The van der Waals surface area contributed by atoms with E-state index in [-0.39, 0.29) is 10.2 Å². The zero-order valence-corrected chi connectivity index (χ0v) is 12.1. The fraction of sp³-hybridized carbons (Fsp3) is 0. The summed E-state index contributed by atoms with van der Waals surface area (Å²) in [5.74, 6) is 0. The minimum atomic E-state index is -2.26. The molecule has 2 aromatic carbocycles. The summed E-state index contributed by atoms with van der Waals surface area (Å²) >= 11 is 0. The molecule has 0 aromatic heterocycles. The van der Waals surface area contributed by atoms with E-state index in [1.807, 2.05) is 36.4 Å². The van der Waals surface area contributed by atoms with Crippen molar-refractivity contribution in [3.63, 3.8) is 0 Å². The monoisotopic (exact) mass is 294 g/mol. The van der Waals surface area contributed by atoms with Gasteiger partial charge in [0.1, 0.15) is 0 Å². The molecule has 3 heteroatoms. The summed E-state index contributed by atoms with van der Waals surface area (Å²) < 4.78 is 0. The lowest BCUT2D eigenvalue weighted by atomic mass is 10.2. The van der Waals surface area contributed by atoms with Gasteiger partial charge in [-0.05, 0) is 10.8 Å². The fourth-order valence-electron chi connectivity index (χ4n) is 2.25. The smallest absolute Gasteiger partial charge is 0.216 e. The van der Waals surface area contributed by atoms with Gasteiger partial charge in [-0.15, -0.1) is 0 Å². The molecule has 0 N–H and O–H groups in total. The third kappa shape index (κ3) is 2.36. The largest absolute Gasteiger partial charge is 0.282 e. The molecule has 0 amide bonds. The van der Waals surface area contributed by atoms with E-state index in [0.717, 1.165) is 0 Å². The van der Waals surface area contributed by atoms with Gasteiger partial charge < -0.3 is 0 Å². The molecular formula is C18H14O2S. The second kappa shape index (κ2) is 5.54. The summed E-state index contributed by atoms with van der Waals surface area (Å²) in [6.45, 7) is 0. The van der Waals surface area contributed by atoms with E-state index in [0.29, 0.717) is 11.1 Å². The standard InChI is InChI=1S/C18H14O2S/c19-17(15-9-3-1-4-10-15)21(13-7-8-14-21)18(20)16-11-5-2-6-12-16/h1-14H. The summed E-state index contributed by atoms with van der Waals surface area (Å²) in [4.78, 5) is 25.8. The summed E-state index contributed by atoms with van der Waals surface area (Å²) in [7, 11) is -2.26. The SMILES string of the molecule is O=C(c1ccccc1)S1(C(=O)c2ccccc2)C=CC=C1. The molecular weight excluding hydrogens is 280 g/mol. The van der Waals surface area contributed by atoms with E-state index in [4.69, 9.17) is 0 Å². The van der Waals surface area contributed by atoms with Crippen molar-refractivity contribution in [1.29, 1.82) is 0 Å². The van der Waals surface area contributed by atoms with Crippen LogP contribution in [0, 0.1) is 0 Å². The van der Waals surface area contributed by atoms with Gasteiger partial charge in [-0.1, -0.05) is 82.8 Å². The average Bonchev–Trinajstić information content (AvgIpc) is 3.06. The van der Waals surface area contributed by atoms with Crippen molar-refractivity contribution in [2.24, 2.45) is 0 Å². The van der Waals surface area contributed by atoms with E-state index in [9.17, 15) is 9.59 Å². The summed E-state index contributed by atoms with van der Waals surface area (Å²) in [6, 6.07) is 18.0. The van der Waals surface area contributed by atoms with Crippen molar-refractivity contribution >= 4 is 20.3 Å². The first-order valence-electron chi connectivity index (χ1n) is 6.61. The minimum Gasteiger partial charge on any atom is -0.282 e. The van der Waals surface area contributed by atoms with Crippen LogP contribution in [0.2, 0.25) is 0 Å². The molecule has 1 heterocycles. The van der Waals surface area contributed by atoms with Crippen LogP contribution in [-0.4, -0.2) is 10.2 Å². The van der Waals surface area contributed by atoms with Gasteiger partial charge in [0.15, 0.2) is 0 Å². The topological polar surface area (TPSA) is 34.1 Å². The number of rotatable bonds is 2. The average molecular weight is 294 g/mol. The summed E-state index contributed by atoms with van der Waals surface area (Å²) in [5.41, 5.74) is 1.15. The summed E-state index contributed by atoms with van der Waals surface area (Å²) in [6.07, 6.45) is 3.58. The minimum absolute atomic E-state index is 0.109. The highest BCUT2D eigenvalue weighted by Crippen LogP contribution is 2.58. The predicted octanol–water partition coefficient (Wildman–Crippen LogP) is 4.51. The van der Waals surface area contributed by atoms with Gasteiger partial charge in [0.05, 0.1) is 0 Å². The van der Waals surface area contributed by atoms with Gasteiger partial charge in [0.25, 0.3) is 0 Å². The Morgan fingerprint density at radius 2 is 1.00 bits per heavy atom. The third-order valence-corrected chi connectivity index (χ3v) is 6.20. The predicted molar refractivity (Wildman–Crippen MR) is 87.4 cm³/mol. The van der Waals surface area contributed by atoms with Gasteiger partial charge in [0, 0.05) is 11.1 Å². The second-order valence-corrected chi connectivity index (χ2v) is 7.38. The maximum absolute atomic E-state index is 12.9. The van der Waals surface area contributed by atoms with Crippen molar-refractivity contribution in [3.8, 4) is 0 Å².